The van der Waals surface area contributed by atoms with Crippen LogP contribution < -0.4 is 9.47 Å². The Kier molecular flexibility index (Phi) is 3.46. The summed E-state index contributed by atoms with van der Waals surface area (Å²) in [5, 5.41) is 0. The van der Waals surface area contributed by atoms with Gasteiger partial charge in [0.05, 0.1) is 7.11 Å². The Morgan fingerprint density at radius 3 is 2.89 bits per heavy atom. The maximum Gasteiger partial charge on any atom is 0.174 e. The van der Waals surface area contributed by atoms with Crippen LogP contribution in [0.25, 0.3) is 0 Å². The van der Waals surface area contributed by atoms with E-state index in [1.165, 1.54) is 16.7 Å². The minimum Gasteiger partial charge on any atom is -0.493 e. The Labute approximate surface area is 165 Å². The van der Waals surface area contributed by atoms with Crippen LogP contribution in [0.5, 0.6) is 11.5 Å². The van der Waals surface area contributed by atoms with E-state index in [1.807, 2.05) is 6.07 Å². The van der Waals surface area contributed by atoms with Crippen molar-refractivity contribution in [1.29, 1.82) is 0 Å². The molecule has 2 aromatic rings. The van der Waals surface area contributed by atoms with E-state index in [0.717, 1.165) is 43.9 Å². The van der Waals surface area contributed by atoms with E-state index < -0.39 is 0 Å². The van der Waals surface area contributed by atoms with Crippen molar-refractivity contribution in [2.45, 2.75) is 49.8 Å². The molecule has 0 amide bonds. The van der Waals surface area contributed by atoms with E-state index in [0.29, 0.717) is 18.4 Å². The Hall–Kier alpha value is -2.33. The van der Waals surface area contributed by atoms with Gasteiger partial charge in [-0.2, -0.15) is 0 Å². The number of hydrogen-bond donors (Lipinski definition) is 0. The van der Waals surface area contributed by atoms with Crippen molar-refractivity contribution in [3.05, 3.63) is 59.2 Å². The van der Waals surface area contributed by atoms with Crippen LogP contribution in [0.15, 0.2) is 42.5 Å². The molecule has 1 saturated carbocycles. The van der Waals surface area contributed by atoms with Crippen LogP contribution in [0, 0.1) is 5.92 Å². The molecule has 2 aromatic carbocycles. The quantitative estimate of drug-likeness (QED) is 0.823. The summed E-state index contributed by atoms with van der Waals surface area (Å²) in [7, 11) is 1.69. The van der Waals surface area contributed by atoms with Gasteiger partial charge in [-0.1, -0.05) is 36.4 Å². The molecule has 4 aliphatic rings. The number of ketones is 1. The summed E-state index contributed by atoms with van der Waals surface area (Å²) in [5.41, 5.74) is 3.87. The first kappa shape index (κ1) is 16.6. The first-order valence-electron chi connectivity index (χ1n) is 10.4. The third-order valence-electron chi connectivity index (χ3n) is 7.66. The van der Waals surface area contributed by atoms with E-state index in [2.05, 4.69) is 41.3 Å². The van der Waals surface area contributed by atoms with Crippen LogP contribution in [0.2, 0.25) is 0 Å². The van der Waals surface area contributed by atoms with E-state index in [4.69, 9.17) is 9.47 Å². The predicted octanol–water partition coefficient (Wildman–Crippen LogP) is 3.50. The molecule has 4 heteroatoms. The van der Waals surface area contributed by atoms with E-state index in [1.54, 1.807) is 7.11 Å². The Balaban J connectivity index is 1.47. The van der Waals surface area contributed by atoms with Gasteiger partial charge in [-0.15, -0.1) is 0 Å². The number of carbonyl (C=O) groups excluding carboxylic acids is 1. The number of carbonyl (C=O) groups is 1. The Bertz CT molecular complexity index is 956. The van der Waals surface area contributed by atoms with Crippen molar-refractivity contribution in [3.63, 3.8) is 0 Å². The highest BCUT2D eigenvalue weighted by Crippen LogP contribution is 2.63. The second kappa shape index (κ2) is 5.84. The molecule has 6 rings (SSSR count). The molecule has 2 aliphatic carbocycles. The summed E-state index contributed by atoms with van der Waals surface area (Å²) in [5.74, 6) is 2.38. The molecular weight excluding hydrogens is 350 g/mol. The zero-order chi connectivity index (χ0) is 18.9. The number of piperidine rings is 1. The van der Waals surface area contributed by atoms with Crippen LogP contribution in [0.1, 0.15) is 36.0 Å². The minimum atomic E-state index is -0.321. The number of hydrogen-bond acceptors (Lipinski definition) is 4. The molecule has 0 radical (unpaired) electrons. The number of ether oxygens (including phenoxy) is 2. The summed E-state index contributed by atoms with van der Waals surface area (Å²) >= 11 is 0. The fraction of sp³-hybridized carbons (Fsp3) is 0.458. The van der Waals surface area contributed by atoms with Crippen LogP contribution in [-0.2, 0) is 23.2 Å². The first-order chi connectivity index (χ1) is 13.7. The topological polar surface area (TPSA) is 38.8 Å². The molecular formula is C24H25NO3. The molecule has 0 N–H and O–H groups in total. The summed E-state index contributed by atoms with van der Waals surface area (Å²) in [6.07, 6.45) is 3.32. The highest BCUT2D eigenvalue weighted by atomic mass is 16.5. The zero-order valence-corrected chi connectivity index (χ0v) is 16.2. The number of Topliss-reactive ketones (excluding diaryl/α,β-unsaturated/α-hetero) is 1. The van der Waals surface area contributed by atoms with Gasteiger partial charge in [0, 0.05) is 30.0 Å². The van der Waals surface area contributed by atoms with E-state index >= 15 is 0 Å². The van der Waals surface area contributed by atoms with Crippen molar-refractivity contribution < 1.29 is 14.3 Å². The fourth-order valence-corrected chi connectivity index (χ4v) is 6.57. The first-order valence-corrected chi connectivity index (χ1v) is 10.4. The third-order valence-corrected chi connectivity index (χ3v) is 7.66. The second-order valence-corrected chi connectivity index (χ2v) is 8.76. The third kappa shape index (κ3) is 2.02. The zero-order valence-electron chi connectivity index (χ0n) is 16.2. The van der Waals surface area contributed by atoms with Gasteiger partial charge in [-0.3, -0.25) is 9.69 Å². The fourth-order valence-electron chi connectivity index (χ4n) is 6.57. The molecule has 1 saturated heterocycles. The highest BCUT2D eigenvalue weighted by molar-refractivity contribution is 5.89. The lowest BCUT2D eigenvalue weighted by molar-refractivity contribution is -0.139. The van der Waals surface area contributed by atoms with Crippen LogP contribution in [-0.4, -0.2) is 36.5 Å². The summed E-state index contributed by atoms with van der Waals surface area (Å²) in [4.78, 5) is 15.6. The molecule has 2 fully saturated rings. The maximum absolute atomic E-state index is 12.9. The molecule has 4 atom stereocenters. The average Bonchev–Trinajstić information content (AvgIpc) is 3.07. The SMILES string of the molecule is COc1ccc2c3c1OC1C(=O)CC[C@@H]4C(C2)N(Cc2ccccc2)CC[C@@]314. The number of methoxy groups -OCH3 is 1. The van der Waals surface area contributed by atoms with Crippen molar-refractivity contribution in [2.75, 3.05) is 13.7 Å². The largest absolute Gasteiger partial charge is 0.493 e. The van der Waals surface area contributed by atoms with Crippen molar-refractivity contribution in [1.82, 2.24) is 4.90 Å². The van der Waals surface area contributed by atoms with Gasteiger partial charge in [-0.25, -0.2) is 0 Å². The lowest BCUT2D eigenvalue weighted by atomic mass is 9.51. The standard InChI is InChI=1S/C24H25NO3/c1-27-20-10-7-16-13-18-17-8-9-19(26)23-24(17,21(16)22(20)28-23)11-12-25(18)14-15-5-3-2-4-6-15/h2-7,10,17-18,23H,8-9,11-14H2,1H3/t17-,18?,23?,24-/m1/s1. The highest BCUT2D eigenvalue weighted by Gasteiger charge is 2.65. The van der Waals surface area contributed by atoms with E-state index in [9.17, 15) is 4.79 Å². The molecule has 2 bridgehead atoms. The van der Waals surface area contributed by atoms with Crippen molar-refractivity contribution in [3.8, 4) is 11.5 Å². The molecule has 2 unspecified atom stereocenters. The number of nitrogens with zero attached hydrogens (tertiary/aromatic N) is 1. The lowest BCUT2D eigenvalue weighted by Gasteiger charge is -2.57. The number of benzene rings is 2. The van der Waals surface area contributed by atoms with Crippen LogP contribution in [0.3, 0.4) is 0 Å². The van der Waals surface area contributed by atoms with E-state index in [-0.39, 0.29) is 17.3 Å². The summed E-state index contributed by atoms with van der Waals surface area (Å²) in [6.45, 7) is 2.00. The predicted molar refractivity (Wildman–Crippen MR) is 106 cm³/mol. The Morgan fingerprint density at radius 1 is 1.21 bits per heavy atom. The molecule has 28 heavy (non-hydrogen) atoms. The minimum absolute atomic E-state index is 0.148. The average molecular weight is 375 g/mol. The van der Waals surface area contributed by atoms with Gasteiger partial charge in [0.15, 0.2) is 23.4 Å². The lowest BCUT2D eigenvalue weighted by Crippen LogP contribution is -2.65. The monoisotopic (exact) mass is 375 g/mol. The van der Waals surface area contributed by atoms with Gasteiger partial charge in [0.2, 0.25) is 0 Å². The molecule has 2 aliphatic heterocycles. The summed E-state index contributed by atoms with van der Waals surface area (Å²) < 4.78 is 12.0. The molecule has 0 aromatic heterocycles. The number of likely N-dealkylation sites (tertiary alicyclic amines) is 1. The smallest absolute Gasteiger partial charge is 0.174 e. The van der Waals surface area contributed by atoms with Gasteiger partial charge in [0.1, 0.15) is 0 Å². The van der Waals surface area contributed by atoms with Crippen LogP contribution >= 0.6 is 0 Å². The molecule has 4 nitrogen and oxygen atoms in total. The summed E-state index contributed by atoms with van der Waals surface area (Å²) in [6, 6.07) is 15.5. The molecule has 2 heterocycles. The Morgan fingerprint density at radius 2 is 2.07 bits per heavy atom. The second-order valence-electron chi connectivity index (χ2n) is 8.76. The van der Waals surface area contributed by atoms with Gasteiger partial charge in [-0.05, 0) is 48.9 Å². The number of rotatable bonds is 3. The maximum atomic E-state index is 12.9. The van der Waals surface area contributed by atoms with Crippen molar-refractivity contribution >= 4 is 5.78 Å². The van der Waals surface area contributed by atoms with Crippen LogP contribution in [0.4, 0.5) is 0 Å². The molecule has 144 valence electrons. The van der Waals surface area contributed by atoms with Crippen molar-refractivity contribution in [2.24, 2.45) is 5.92 Å². The molecule has 1 spiro atoms. The van der Waals surface area contributed by atoms with Gasteiger partial charge < -0.3 is 9.47 Å². The van der Waals surface area contributed by atoms with Gasteiger partial charge >= 0.3 is 0 Å². The van der Waals surface area contributed by atoms with Gasteiger partial charge in [0.25, 0.3) is 0 Å². The normalized spacial score (nSPS) is 32.6.